The van der Waals surface area contributed by atoms with E-state index >= 15 is 0 Å². The van der Waals surface area contributed by atoms with E-state index in [1.165, 1.54) is 5.56 Å². The molecule has 1 aromatic heterocycles. The monoisotopic (exact) mass is 277 g/mol. The number of aromatic nitrogens is 2. The molecular weight excluding hydrogens is 258 g/mol. The van der Waals surface area contributed by atoms with Crippen molar-refractivity contribution in [3.63, 3.8) is 0 Å². The molecule has 1 unspecified atom stereocenters. The van der Waals surface area contributed by atoms with Gasteiger partial charge in [0.05, 0.1) is 11.4 Å². The molecule has 106 valence electrons. The fraction of sp³-hybridized carbons (Fsp3) is 0.167. The maximum absolute atomic E-state index is 6.24. The van der Waals surface area contributed by atoms with Gasteiger partial charge in [0, 0.05) is 18.7 Å². The highest BCUT2D eigenvalue weighted by atomic mass is 15.3. The van der Waals surface area contributed by atoms with Crippen molar-refractivity contribution in [1.82, 2.24) is 9.78 Å². The number of nitrogens with two attached hydrogens (primary N) is 1. The molecule has 0 amide bonds. The minimum Gasteiger partial charge on any atom is -0.327 e. The maximum atomic E-state index is 6.24. The van der Waals surface area contributed by atoms with Crippen LogP contribution in [-0.4, -0.2) is 15.8 Å². The summed E-state index contributed by atoms with van der Waals surface area (Å²) >= 11 is 0. The Bertz CT molecular complexity index is 674. The third-order valence-electron chi connectivity index (χ3n) is 3.48. The molecule has 21 heavy (non-hydrogen) atoms. The van der Waals surface area contributed by atoms with Gasteiger partial charge in [-0.25, -0.2) is 4.68 Å². The van der Waals surface area contributed by atoms with E-state index in [0.717, 1.165) is 24.2 Å². The molecule has 0 aliphatic rings. The van der Waals surface area contributed by atoms with Crippen LogP contribution in [-0.2, 0) is 12.8 Å². The van der Waals surface area contributed by atoms with Gasteiger partial charge in [-0.15, -0.1) is 0 Å². The van der Waals surface area contributed by atoms with Gasteiger partial charge in [-0.1, -0.05) is 48.5 Å². The molecule has 0 fully saturated rings. The summed E-state index contributed by atoms with van der Waals surface area (Å²) in [6.07, 6.45) is 3.65. The van der Waals surface area contributed by atoms with Crippen LogP contribution in [0.4, 0.5) is 0 Å². The zero-order valence-corrected chi connectivity index (χ0v) is 11.9. The van der Waals surface area contributed by atoms with Crippen molar-refractivity contribution in [3.8, 4) is 5.69 Å². The molecular formula is C18H19N3. The van der Waals surface area contributed by atoms with E-state index in [2.05, 4.69) is 17.2 Å². The van der Waals surface area contributed by atoms with Crippen LogP contribution in [0, 0.1) is 0 Å². The van der Waals surface area contributed by atoms with Gasteiger partial charge < -0.3 is 5.73 Å². The van der Waals surface area contributed by atoms with Crippen LogP contribution in [0.3, 0.4) is 0 Å². The van der Waals surface area contributed by atoms with Gasteiger partial charge in [0.15, 0.2) is 0 Å². The summed E-state index contributed by atoms with van der Waals surface area (Å²) in [5.74, 6) is 0. The fourth-order valence-corrected chi connectivity index (χ4v) is 2.45. The topological polar surface area (TPSA) is 43.8 Å². The lowest BCUT2D eigenvalue weighted by Gasteiger charge is -2.09. The second-order valence-electron chi connectivity index (χ2n) is 5.24. The molecule has 0 saturated carbocycles. The molecule has 0 aliphatic carbocycles. The first-order valence-corrected chi connectivity index (χ1v) is 7.21. The molecule has 3 rings (SSSR count). The Morgan fingerprint density at radius 3 is 2.24 bits per heavy atom. The summed E-state index contributed by atoms with van der Waals surface area (Å²) in [6.45, 7) is 0. The van der Waals surface area contributed by atoms with Gasteiger partial charge in [-0.3, -0.25) is 0 Å². The first kappa shape index (κ1) is 13.6. The van der Waals surface area contributed by atoms with E-state index in [0.29, 0.717) is 0 Å². The Labute approximate surface area is 125 Å². The Morgan fingerprint density at radius 2 is 1.52 bits per heavy atom. The van der Waals surface area contributed by atoms with Crippen LogP contribution in [0.15, 0.2) is 72.9 Å². The van der Waals surface area contributed by atoms with Crippen LogP contribution in [0.25, 0.3) is 5.69 Å². The highest BCUT2D eigenvalue weighted by molar-refractivity contribution is 5.30. The lowest BCUT2D eigenvalue weighted by atomic mass is 10.0. The molecule has 0 saturated heterocycles. The van der Waals surface area contributed by atoms with E-state index in [1.54, 1.807) is 0 Å². The SMILES string of the molecule is NC(Cc1ccccc1)Cc1ccn(-c2ccccc2)n1. The van der Waals surface area contributed by atoms with E-state index in [9.17, 15) is 0 Å². The Kier molecular flexibility index (Phi) is 4.12. The smallest absolute Gasteiger partial charge is 0.0645 e. The van der Waals surface area contributed by atoms with E-state index in [1.807, 2.05) is 65.5 Å². The summed E-state index contributed by atoms with van der Waals surface area (Å²) in [7, 11) is 0. The standard InChI is InChI=1S/C18H19N3/c19-16(13-15-7-3-1-4-8-15)14-17-11-12-21(20-17)18-9-5-2-6-10-18/h1-12,16H,13-14,19H2. The second kappa shape index (κ2) is 6.37. The summed E-state index contributed by atoms with van der Waals surface area (Å²) in [5.41, 5.74) is 9.61. The Balaban J connectivity index is 1.65. The van der Waals surface area contributed by atoms with Crippen LogP contribution < -0.4 is 5.73 Å². The Hall–Kier alpha value is -2.39. The fourth-order valence-electron chi connectivity index (χ4n) is 2.45. The molecule has 1 heterocycles. The van der Waals surface area contributed by atoms with Crippen LogP contribution in [0.2, 0.25) is 0 Å². The predicted octanol–water partition coefficient (Wildman–Crippen LogP) is 2.98. The molecule has 0 bridgehead atoms. The first-order valence-electron chi connectivity index (χ1n) is 7.21. The lowest BCUT2D eigenvalue weighted by molar-refractivity contribution is 0.647. The third-order valence-corrected chi connectivity index (χ3v) is 3.48. The van der Waals surface area contributed by atoms with Crippen molar-refractivity contribution >= 4 is 0 Å². The van der Waals surface area contributed by atoms with Crippen molar-refractivity contribution < 1.29 is 0 Å². The van der Waals surface area contributed by atoms with Gasteiger partial charge >= 0.3 is 0 Å². The average molecular weight is 277 g/mol. The summed E-state index contributed by atoms with van der Waals surface area (Å²) < 4.78 is 1.89. The van der Waals surface area contributed by atoms with Crippen molar-refractivity contribution in [2.24, 2.45) is 5.73 Å². The minimum absolute atomic E-state index is 0.0894. The highest BCUT2D eigenvalue weighted by Gasteiger charge is 2.08. The van der Waals surface area contributed by atoms with Crippen LogP contribution in [0.1, 0.15) is 11.3 Å². The number of para-hydroxylation sites is 1. The normalized spacial score (nSPS) is 12.2. The molecule has 2 aromatic carbocycles. The first-order chi connectivity index (χ1) is 10.3. The highest BCUT2D eigenvalue weighted by Crippen LogP contribution is 2.10. The third kappa shape index (κ3) is 3.58. The predicted molar refractivity (Wildman–Crippen MR) is 85.4 cm³/mol. The molecule has 2 N–H and O–H groups in total. The van der Waals surface area contributed by atoms with Crippen molar-refractivity contribution in [1.29, 1.82) is 0 Å². The van der Waals surface area contributed by atoms with Gasteiger partial charge in [0.1, 0.15) is 0 Å². The summed E-state index contributed by atoms with van der Waals surface area (Å²) in [5, 5.41) is 4.60. The van der Waals surface area contributed by atoms with E-state index < -0.39 is 0 Å². The summed E-state index contributed by atoms with van der Waals surface area (Å²) in [6, 6.07) is 22.6. The van der Waals surface area contributed by atoms with Gasteiger partial charge in [0.25, 0.3) is 0 Å². The molecule has 3 nitrogen and oxygen atoms in total. The van der Waals surface area contributed by atoms with Gasteiger partial charge in [-0.05, 0) is 30.2 Å². The summed E-state index contributed by atoms with van der Waals surface area (Å²) in [4.78, 5) is 0. The molecule has 1 atom stereocenters. The van der Waals surface area contributed by atoms with Crippen molar-refractivity contribution in [3.05, 3.63) is 84.2 Å². The number of rotatable bonds is 5. The number of hydrogen-bond acceptors (Lipinski definition) is 2. The molecule has 3 heteroatoms. The number of hydrogen-bond donors (Lipinski definition) is 1. The molecule has 3 aromatic rings. The van der Waals surface area contributed by atoms with Gasteiger partial charge in [0.2, 0.25) is 0 Å². The zero-order valence-electron chi connectivity index (χ0n) is 11.9. The molecule has 0 aliphatic heterocycles. The number of nitrogens with zero attached hydrogens (tertiary/aromatic N) is 2. The minimum atomic E-state index is 0.0894. The van der Waals surface area contributed by atoms with Gasteiger partial charge in [-0.2, -0.15) is 5.10 Å². The molecule has 0 spiro atoms. The maximum Gasteiger partial charge on any atom is 0.0645 e. The van der Waals surface area contributed by atoms with Crippen LogP contribution >= 0.6 is 0 Å². The lowest BCUT2D eigenvalue weighted by Crippen LogP contribution is -2.25. The number of benzene rings is 2. The average Bonchev–Trinajstić information content (AvgIpc) is 2.97. The van der Waals surface area contributed by atoms with Crippen LogP contribution in [0.5, 0.6) is 0 Å². The van der Waals surface area contributed by atoms with E-state index in [4.69, 9.17) is 5.73 Å². The molecule has 0 radical (unpaired) electrons. The second-order valence-corrected chi connectivity index (χ2v) is 5.24. The zero-order chi connectivity index (χ0) is 14.5. The van der Waals surface area contributed by atoms with E-state index in [-0.39, 0.29) is 6.04 Å². The van der Waals surface area contributed by atoms with Crippen molar-refractivity contribution in [2.45, 2.75) is 18.9 Å². The van der Waals surface area contributed by atoms with Crippen molar-refractivity contribution in [2.75, 3.05) is 0 Å². The quantitative estimate of drug-likeness (QED) is 0.779. The Morgan fingerprint density at radius 1 is 0.857 bits per heavy atom. The largest absolute Gasteiger partial charge is 0.327 e.